The van der Waals surface area contributed by atoms with Gasteiger partial charge in [-0.1, -0.05) is 91.0 Å². The van der Waals surface area contributed by atoms with E-state index in [0.717, 1.165) is 22.2 Å². The van der Waals surface area contributed by atoms with Crippen LogP contribution in [0.4, 0.5) is 0 Å². The molecule has 0 saturated carbocycles. The van der Waals surface area contributed by atoms with Crippen LogP contribution in [-0.4, -0.2) is 4.98 Å². The monoisotopic (exact) mass is 331 g/mol. The van der Waals surface area contributed by atoms with Crippen molar-refractivity contribution in [2.75, 3.05) is 0 Å². The van der Waals surface area contributed by atoms with Crippen LogP contribution >= 0.6 is 0 Å². The number of nitrogens with zero attached hydrogens (tertiary/aromatic N) is 1. The van der Waals surface area contributed by atoms with E-state index in [-0.39, 0.29) is 0 Å². The van der Waals surface area contributed by atoms with Crippen LogP contribution in [0.3, 0.4) is 0 Å². The Hall–Kier alpha value is -3.45. The quantitative estimate of drug-likeness (QED) is 0.350. The molecule has 0 spiro atoms. The first-order valence-electron chi connectivity index (χ1n) is 8.83. The van der Waals surface area contributed by atoms with Gasteiger partial charge in [0, 0.05) is 16.5 Å². The van der Waals surface area contributed by atoms with Crippen molar-refractivity contribution < 1.29 is 0 Å². The van der Waals surface area contributed by atoms with Crippen molar-refractivity contribution in [3.63, 3.8) is 0 Å². The molecular weight excluding hydrogens is 314 g/mol. The Morgan fingerprint density at radius 2 is 1.19 bits per heavy atom. The fourth-order valence-electron chi connectivity index (χ4n) is 3.60. The maximum Gasteiger partial charge on any atom is 0.0788 e. The summed E-state index contributed by atoms with van der Waals surface area (Å²) in [6, 6.07) is 36.1. The third-order valence-electron chi connectivity index (χ3n) is 4.85. The fourth-order valence-corrected chi connectivity index (χ4v) is 3.60. The van der Waals surface area contributed by atoms with E-state index in [2.05, 4.69) is 91.0 Å². The zero-order valence-electron chi connectivity index (χ0n) is 14.3. The third kappa shape index (κ3) is 2.46. The van der Waals surface area contributed by atoms with Crippen LogP contribution in [0.15, 0.2) is 103 Å². The molecule has 0 radical (unpaired) electrons. The molecule has 1 nitrogen and oxygen atoms in total. The van der Waals surface area contributed by atoms with Gasteiger partial charge in [-0.05, 0) is 28.5 Å². The molecular formula is C25H17N. The summed E-state index contributed by atoms with van der Waals surface area (Å²) in [5.41, 5.74) is 5.59. The molecule has 0 aliphatic heterocycles. The molecule has 0 N–H and O–H groups in total. The summed E-state index contributed by atoms with van der Waals surface area (Å²) in [6.07, 6.45) is 0. The molecule has 1 heterocycles. The zero-order chi connectivity index (χ0) is 17.3. The van der Waals surface area contributed by atoms with Crippen LogP contribution in [-0.2, 0) is 0 Å². The van der Waals surface area contributed by atoms with Crippen LogP contribution in [0.25, 0.3) is 44.1 Å². The lowest BCUT2D eigenvalue weighted by atomic mass is 9.93. The minimum Gasteiger partial charge on any atom is -0.247 e. The summed E-state index contributed by atoms with van der Waals surface area (Å²) >= 11 is 0. The lowest BCUT2D eigenvalue weighted by molar-refractivity contribution is 1.40. The molecule has 1 aromatic heterocycles. The van der Waals surface area contributed by atoms with Gasteiger partial charge in [0.05, 0.1) is 11.2 Å². The van der Waals surface area contributed by atoms with Crippen LogP contribution in [0.5, 0.6) is 0 Å². The summed E-state index contributed by atoms with van der Waals surface area (Å²) < 4.78 is 0. The smallest absolute Gasteiger partial charge is 0.0788 e. The van der Waals surface area contributed by atoms with Crippen LogP contribution < -0.4 is 0 Å². The van der Waals surface area contributed by atoms with Crippen molar-refractivity contribution in [3.8, 4) is 22.4 Å². The van der Waals surface area contributed by atoms with Gasteiger partial charge in [-0.2, -0.15) is 0 Å². The Morgan fingerprint density at radius 1 is 0.500 bits per heavy atom. The standard InChI is InChI=1S/C25H17N/c1-2-10-19(11-3-1)25-23(17-20-12-5-7-16-24(20)26-25)22-15-8-13-18-9-4-6-14-21(18)22/h1-17H. The Balaban J connectivity index is 1.89. The average Bonchev–Trinajstić information content (AvgIpc) is 2.73. The van der Waals surface area contributed by atoms with Gasteiger partial charge in [0.15, 0.2) is 0 Å². The van der Waals surface area contributed by atoms with Crippen molar-refractivity contribution in [2.45, 2.75) is 0 Å². The van der Waals surface area contributed by atoms with E-state index in [1.54, 1.807) is 0 Å². The third-order valence-corrected chi connectivity index (χ3v) is 4.85. The van der Waals surface area contributed by atoms with Crippen molar-refractivity contribution in [2.24, 2.45) is 0 Å². The number of hydrogen-bond donors (Lipinski definition) is 0. The van der Waals surface area contributed by atoms with Crippen molar-refractivity contribution in [3.05, 3.63) is 103 Å². The minimum atomic E-state index is 1.02. The second-order valence-electron chi connectivity index (χ2n) is 6.47. The Kier molecular flexibility index (Phi) is 3.50. The van der Waals surface area contributed by atoms with Gasteiger partial charge in [0.25, 0.3) is 0 Å². The molecule has 0 atom stereocenters. The molecule has 26 heavy (non-hydrogen) atoms. The number of pyridine rings is 1. The minimum absolute atomic E-state index is 1.02. The molecule has 5 rings (SSSR count). The number of rotatable bonds is 2. The highest BCUT2D eigenvalue weighted by atomic mass is 14.7. The summed E-state index contributed by atoms with van der Waals surface area (Å²) in [4.78, 5) is 5.03. The highest BCUT2D eigenvalue weighted by Crippen LogP contribution is 2.36. The summed E-state index contributed by atoms with van der Waals surface area (Å²) in [6.45, 7) is 0. The van der Waals surface area contributed by atoms with E-state index >= 15 is 0 Å². The number of benzene rings is 4. The first kappa shape index (κ1) is 14.9. The van der Waals surface area contributed by atoms with Gasteiger partial charge < -0.3 is 0 Å². The molecule has 122 valence electrons. The molecule has 0 amide bonds. The second-order valence-corrected chi connectivity index (χ2v) is 6.47. The second kappa shape index (κ2) is 6.12. The van der Waals surface area contributed by atoms with Crippen molar-refractivity contribution >= 4 is 21.7 Å². The van der Waals surface area contributed by atoms with Gasteiger partial charge in [-0.25, -0.2) is 4.98 Å². The normalized spacial score (nSPS) is 11.1. The van der Waals surface area contributed by atoms with Gasteiger partial charge in [0.2, 0.25) is 0 Å². The molecule has 0 saturated heterocycles. The number of hydrogen-bond acceptors (Lipinski definition) is 1. The van der Waals surface area contributed by atoms with E-state index < -0.39 is 0 Å². The van der Waals surface area contributed by atoms with Crippen LogP contribution in [0.1, 0.15) is 0 Å². The SMILES string of the molecule is c1ccc(-c2nc3ccccc3cc2-c2cccc3ccccc23)cc1. The zero-order valence-corrected chi connectivity index (χ0v) is 14.3. The number of para-hydroxylation sites is 1. The summed E-state index contributed by atoms with van der Waals surface area (Å²) in [7, 11) is 0. The maximum absolute atomic E-state index is 5.03. The van der Waals surface area contributed by atoms with E-state index in [9.17, 15) is 0 Å². The first-order valence-corrected chi connectivity index (χ1v) is 8.83. The topological polar surface area (TPSA) is 12.9 Å². The predicted octanol–water partition coefficient (Wildman–Crippen LogP) is 6.72. The lowest BCUT2D eigenvalue weighted by Gasteiger charge is -2.13. The highest BCUT2D eigenvalue weighted by Gasteiger charge is 2.13. The summed E-state index contributed by atoms with van der Waals surface area (Å²) in [5, 5.41) is 3.66. The van der Waals surface area contributed by atoms with E-state index in [4.69, 9.17) is 4.98 Å². The molecule has 4 aromatic carbocycles. The van der Waals surface area contributed by atoms with Gasteiger partial charge >= 0.3 is 0 Å². The Morgan fingerprint density at radius 3 is 2.08 bits per heavy atom. The number of aromatic nitrogens is 1. The fraction of sp³-hybridized carbons (Fsp3) is 0. The summed E-state index contributed by atoms with van der Waals surface area (Å²) in [5.74, 6) is 0. The van der Waals surface area contributed by atoms with Crippen molar-refractivity contribution in [1.82, 2.24) is 4.98 Å². The van der Waals surface area contributed by atoms with E-state index in [0.29, 0.717) is 0 Å². The molecule has 1 heteroatoms. The van der Waals surface area contributed by atoms with Gasteiger partial charge in [-0.3, -0.25) is 0 Å². The van der Waals surface area contributed by atoms with Crippen LogP contribution in [0, 0.1) is 0 Å². The average molecular weight is 331 g/mol. The molecule has 5 aromatic rings. The first-order chi connectivity index (χ1) is 12.9. The number of fused-ring (bicyclic) bond motifs is 2. The van der Waals surface area contributed by atoms with Crippen molar-refractivity contribution in [1.29, 1.82) is 0 Å². The lowest BCUT2D eigenvalue weighted by Crippen LogP contribution is -1.92. The molecule has 0 unspecified atom stereocenters. The Labute approximate surface area is 152 Å². The molecule has 0 aliphatic rings. The highest BCUT2D eigenvalue weighted by molar-refractivity contribution is 6.02. The maximum atomic E-state index is 5.03. The van der Waals surface area contributed by atoms with E-state index in [1.165, 1.54) is 21.9 Å². The van der Waals surface area contributed by atoms with Gasteiger partial charge in [0.1, 0.15) is 0 Å². The molecule has 0 aliphatic carbocycles. The predicted molar refractivity (Wildman–Crippen MR) is 110 cm³/mol. The van der Waals surface area contributed by atoms with Crippen LogP contribution in [0.2, 0.25) is 0 Å². The van der Waals surface area contributed by atoms with Gasteiger partial charge in [-0.15, -0.1) is 0 Å². The Bertz CT molecular complexity index is 1220. The van der Waals surface area contributed by atoms with E-state index in [1.807, 2.05) is 12.1 Å². The molecule has 0 fully saturated rings. The largest absolute Gasteiger partial charge is 0.247 e. The molecule has 0 bridgehead atoms.